The van der Waals surface area contributed by atoms with Crippen LogP contribution >= 0.6 is 0 Å². The number of halogens is 6. The minimum absolute atomic E-state index is 0.112. The average molecular weight is 306 g/mol. The van der Waals surface area contributed by atoms with E-state index in [0.29, 0.717) is 6.07 Å². The topological polar surface area (TPSA) is 38.9 Å². The summed E-state index contributed by atoms with van der Waals surface area (Å²) in [6.45, 7) is 0. The number of pyridine rings is 1. The number of hydrogen-bond acceptors (Lipinski definition) is 2. The Morgan fingerprint density at radius 3 is 1.76 bits per heavy atom. The molecule has 0 aliphatic carbocycles. The standard InChI is InChI=1S/C13H8F6N2/c14-12(15,16)8-3-1-7(2-4-8)10-5-9(13(17,18)19)6-11(20)21-10/h1-6H,(H2,20,21). The smallest absolute Gasteiger partial charge is 0.384 e. The second-order valence-corrected chi connectivity index (χ2v) is 4.24. The second-order valence-electron chi connectivity index (χ2n) is 4.24. The molecule has 0 unspecified atom stereocenters. The predicted octanol–water partition coefficient (Wildman–Crippen LogP) is 4.37. The Morgan fingerprint density at radius 1 is 0.762 bits per heavy atom. The molecule has 0 aliphatic rings. The van der Waals surface area contributed by atoms with Crippen LogP contribution in [0.4, 0.5) is 32.2 Å². The molecule has 0 bridgehead atoms. The molecule has 112 valence electrons. The summed E-state index contributed by atoms with van der Waals surface area (Å²) in [5.74, 6) is -0.361. The first-order valence-electron chi connectivity index (χ1n) is 5.60. The Labute approximate surface area is 115 Å². The van der Waals surface area contributed by atoms with Crippen molar-refractivity contribution in [1.29, 1.82) is 0 Å². The van der Waals surface area contributed by atoms with Gasteiger partial charge in [-0.25, -0.2) is 4.98 Å². The maximum absolute atomic E-state index is 12.7. The Morgan fingerprint density at radius 2 is 1.29 bits per heavy atom. The normalized spacial score (nSPS) is 12.5. The summed E-state index contributed by atoms with van der Waals surface area (Å²) in [5.41, 5.74) is 3.36. The zero-order valence-corrected chi connectivity index (χ0v) is 10.3. The molecule has 21 heavy (non-hydrogen) atoms. The summed E-state index contributed by atoms with van der Waals surface area (Å²) in [5, 5.41) is 0. The van der Waals surface area contributed by atoms with Crippen molar-refractivity contribution < 1.29 is 26.3 Å². The first kappa shape index (κ1) is 15.1. The van der Waals surface area contributed by atoms with Gasteiger partial charge in [0.2, 0.25) is 0 Å². The molecule has 2 rings (SSSR count). The van der Waals surface area contributed by atoms with Gasteiger partial charge in [-0.2, -0.15) is 26.3 Å². The van der Waals surface area contributed by atoms with Gasteiger partial charge in [-0.15, -0.1) is 0 Å². The quantitative estimate of drug-likeness (QED) is 0.795. The monoisotopic (exact) mass is 306 g/mol. The molecule has 2 aromatic rings. The molecule has 2 nitrogen and oxygen atoms in total. The number of alkyl halides is 6. The largest absolute Gasteiger partial charge is 0.416 e. The minimum atomic E-state index is -4.61. The maximum Gasteiger partial charge on any atom is 0.416 e. The molecular weight excluding hydrogens is 298 g/mol. The number of nitrogens with two attached hydrogens (primary N) is 1. The Bertz CT molecular complexity index is 643. The third-order valence-electron chi connectivity index (χ3n) is 2.68. The zero-order chi connectivity index (χ0) is 15.8. The lowest BCUT2D eigenvalue weighted by molar-refractivity contribution is -0.138. The van der Waals surface area contributed by atoms with Crippen LogP contribution in [0.25, 0.3) is 11.3 Å². The number of nitrogens with zero attached hydrogens (tertiary/aromatic N) is 1. The van der Waals surface area contributed by atoms with Gasteiger partial charge in [0.05, 0.1) is 16.8 Å². The van der Waals surface area contributed by atoms with Crippen LogP contribution < -0.4 is 5.73 Å². The van der Waals surface area contributed by atoms with Crippen LogP contribution in [-0.2, 0) is 12.4 Å². The van der Waals surface area contributed by atoms with Gasteiger partial charge in [-0.1, -0.05) is 12.1 Å². The summed E-state index contributed by atoms with van der Waals surface area (Å²) in [7, 11) is 0. The van der Waals surface area contributed by atoms with Crippen LogP contribution in [-0.4, -0.2) is 4.98 Å². The van der Waals surface area contributed by atoms with E-state index in [2.05, 4.69) is 4.98 Å². The van der Waals surface area contributed by atoms with Gasteiger partial charge in [0, 0.05) is 5.56 Å². The molecule has 2 N–H and O–H groups in total. The summed E-state index contributed by atoms with van der Waals surface area (Å²) >= 11 is 0. The highest BCUT2D eigenvalue weighted by Gasteiger charge is 2.32. The lowest BCUT2D eigenvalue weighted by Gasteiger charge is -2.11. The van der Waals surface area contributed by atoms with Crippen molar-refractivity contribution in [2.75, 3.05) is 5.73 Å². The number of aromatic nitrogens is 1. The number of anilines is 1. The second kappa shape index (κ2) is 4.94. The fourth-order valence-corrected chi connectivity index (χ4v) is 1.69. The van der Waals surface area contributed by atoms with E-state index in [1.165, 1.54) is 0 Å². The molecule has 0 amide bonds. The lowest BCUT2D eigenvalue weighted by Crippen LogP contribution is -2.07. The highest BCUT2D eigenvalue weighted by Crippen LogP contribution is 2.34. The van der Waals surface area contributed by atoms with Crippen molar-refractivity contribution in [2.24, 2.45) is 0 Å². The Balaban J connectivity index is 2.45. The van der Waals surface area contributed by atoms with Crippen LogP contribution in [0.15, 0.2) is 36.4 Å². The number of benzene rings is 1. The molecule has 1 aromatic carbocycles. The third kappa shape index (κ3) is 3.45. The summed E-state index contributed by atoms with van der Waals surface area (Å²) in [6.07, 6.45) is -9.13. The minimum Gasteiger partial charge on any atom is -0.384 e. The first-order valence-corrected chi connectivity index (χ1v) is 5.60. The number of nitrogen functional groups attached to an aromatic ring is 1. The van der Waals surface area contributed by atoms with Gasteiger partial charge < -0.3 is 5.73 Å². The molecule has 8 heteroatoms. The first-order chi connectivity index (χ1) is 9.57. The van der Waals surface area contributed by atoms with E-state index in [9.17, 15) is 26.3 Å². The molecular formula is C13H8F6N2. The third-order valence-corrected chi connectivity index (χ3v) is 2.68. The molecule has 0 spiro atoms. The fraction of sp³-hybridized carbons (Fsp3) is 0.154. The van der Waals surface area contributed by atoms with Crippen molar-refractivity contribution in [3.8, 4) is 11.3 Å². The molecule has 0 atom stereocenters. The van der Waals surface area contributed by atoms with Crippen molar-refractivity contribution in [3.05, 3.63) is 47.5 Å². The zero-order valence-electron chi connectivity index (χ0n) is 10.3. The molecule has 0 saturated carbocycles. The lowest BCUT2D eigenvalue weighted by atomic mass is 10.1. The van der Waals surface area contributed by atoms with Gasteiger partial charge in [-0.05, 0) is 24.3 Å². The van der Waals surface area contributed by atoms with E-state index in [-0.39, 0.29) is 17.1 Å². The number of hydrogen-bond donors (Lipinski definition) is 1. The highest BCUT2D eigenvalue weighted by atomic mass is 19.4. The van der Waals surface area contributed by atoms with E-state index in [0.717, 1.165) is 30.3 Å². The van der Waals surface area contributed by atoms with E-state index < -0.39 is 23.5 Å². The van der Waals surface area contributed by atoms with E-state index in [4.69, 9.17) is 5.73 Å². The van der Waals surface area contributed by atoms with Crippen molar-refractivity contribution in [2.45, 2.75) is 12.4 Å². The molecule has 0 radical (unpaired) electrons. The van der Waals surface area contributed by atoms with Crippen molar-refractivity contribution in [1.82, 2.24) is 4.98 Å². The molecule has 1 heterocycles. The van der Waals surface area contributed by atoms with Gasteiger partial charge in [0.1, 0.15) is 5.82 Å². The Hall–Kier alpha value is -2.25. The predicted molar refractivity (Wildman–Crippen MR) is 64.1 cm³/mol. The van der Waals surface area contributed by atoms with E-state index >= 15 is 0 Å². The van der Waals surface area contributed by atoms with Crippen molar-refractivity contribution in [3.63, 3.8) is 0 Å². The molecule has 0 aliphatic heterocycles. The van der Waals surface area contributed by atoms with Crippen LogP contribution in [0.5, 0.6) is 0 Å². The van der Waals surface area contributed by atoms with Gasteiger partial charge >= 0.3 is 12.4 Å². The van der Waals surface area contributed by atoms with E-state index in [1.807, 2.05) is 0 Å². The molecule has 1 aromatic heterocycles. The molecule has 0 fully saturated rings. The van der Waals surface area contributed by atoms with Gasteiger partial charge in [0.25, 0.3) is 0 Å². The SMILES string of the molecule is Nc1cc(C(F)(F)F)cc(-c2ccc(C(F)(F)F)cc2)n1. The van der Waals surface area contributed by atoms with Gasteiger partial charge in [0.15, 0.2) is 0 Å². The molecule has 0 saturated heterocycles. The van der Waals surface area contributed by atoms with Crippen LogP contribution in [0.1, 0.15) is 11.1 Å². The average Bonchev–Trinajstić information content (AvgIpc) is 2.36. The number of rotatable bonds is 1. The van der Waals surface area contributed by atoms with Crippen LogP contribution in [0.2, 0.25) is 0 Å². The van der Waals surface area contributed by atoms with Gasteiger partial charge in [-0.3, -0.25) is 0 Å². The summed E-state index contributed by atoms with van der Waals surface area (Å²) < 4.78 is 75.2. The van der Waals surface area contributed by atoms with Crippen LogP contribution in [0, 0.1) is 0 Å². The highest BCUT2D eigenvalue weighted by molar-refractivity contribution is 5.62. The van der Waals surface area contributed by atoms with Crippen LogP contribution in [0.3, 0.4) is 0 Å². The Kier molecular flexibility index (Phi) is 3.56. The van der Waals surface area contributed by atoms with E-state index in [1.54, 1.807) is 0 Å². The fourth-order valence-electron chi connectivity index (χ4n) is 1.69. The van der Waals surface area contributed by atoms with Crippen molar-refractivity contribution >= 4 is 5.82 Å². The maximum atomic E-state index is 12.7. The summed E-state index contributed by atoms with van der Waals surface area (Å²) in [6, 6.07) is 5.03. The summed E-state index contributed by atoms with van der Waals surface area (Å²) in [4.78, 5) is 3.71.